The third kappa shape index (κ3) is 5.02. The first-order valence-electron chi connectivity index (χ1n) is 7.03. The zero-order valence-corrected chi connectivity index (χ0v) is 13.3. The molecule has 0 aliphatic rings. The van der Waals surface area contributed by atoms with Crippen LogP contribution in [-0.4, -0.2) is 16.3 Å². The van der Waals surface area contributed by atoms with Crippen molar-refractivity contribution < 1.29 is 0 Å². The van der Waals surface area contributed by atoms with E-state index in [2.05, 4.69) is 54.7 Å². The van der Waals surface area contributed by atoms with Crippen molar-refractivity contribution in [1.82, 2.24) is 15.1 Å². The molecular weight excluding hydrogens is 266 g/mol. The molecule has 0 bridgehead atoms. The SMILES string of the molecule is CC(C)CNCc1cccc(SCc2cnn(C)c2)c1. The summed E-state index contributed by atoms with van der Waals surface area (Å²) in [5.41, 5.74) is 2.61. The second-order valence-corrected chi connectivity index (χ2v) is 6.53. The summed E-state index contributed by atoms with van der Waals surface area (Å²) >= 11 is 1.86. The van der Waals surface area contributed by atoms with E-state index >= 15 is 0 Å². The van der Waals surface area contributed by atoms with E-state index in [4.69, 9.17) is 0 Å². The standard InChI is InChI=1S/C16H23N3S/c1-13(2)8-17-9-14-5-4-6-16(7-14)20-12-15-10-18-19(3)11-15/h4-7,10-11,13,17H,8-9,12H2,1-3H3. The number of thioether (sulfide) groups is 1. The second kappa shape index (κ2) is 7.50. The number of nitrogens with zero attached hydrogens (tertiary/aromatic N) is 2. The Bertz CT molecular complexity index is 534. The fraction of sp³-hybridized carbons (Fsp3) is 0.438. The van der Waals surface area contributed by atoms with Crippen molar-refractivity contribution in [2.75, 3.05) is 6.54 Å². The normalized spacial score (nSPS) is 11.2. The molecule has 1 heterocycles. The summed E-state index contributed by atoms with van der Waals surface area (Å²) in [6.07, 6.45) is 4.00. The number of aryl methyl sites for hydroxylation is 1. The van der Waals surface area contributed by atoms with Crippen molar-refractivity contribution in [2.24, 2.45) is 13.0 Å². The van der Waals surface area contributed by atoms with E-state index in [1.807, 2.05) is 29.7 Å². The van der Waals surface area contributed by atoms with E-state index in [1.54, 1.807) is 0 Å². The molecule has 1 N–H and O–H groups in total. The summed E-state index contributed by atoms with van der Waals surface area (Å²) < 4.78 is 1.85. The third-order valence-corrected chi connectivity index (χ3v) is 4.01. The van der Waals surface area contributed by atoms with Crippen LogP contribution in [0.2, 0.25) is 0 Å². The zero-order valence-electron chi connectivity index (χ0n) is 12.5. The van der Waals surface area contributed by atoms with Gasteiger partial charge in [0.25, 0.3) is 0 Å². The van der Waals surface area contributed by atoms with E-state index < -0.39 is 0 Å². The fourth-order valence-electron chi connectivity index (χ4n) is 1.96. The van der Waals surface area contributed by atoms with Gasteiger partial charge in [0.2, 0.25) is 0 Å². The van der Waals surface area contributed by atoms with Crippen LogP contribution in [0.5, 0.6) is 0 Å². The maximum absolute atomic E-state index is 4.20. The molecule has 4 heteroatoms. The average molecular weight is 289 g/mol. The number of aromatic nitrogens is 2. The molecule has 0 atom stereocenters. The van der Waals surface area contributed by atoms with Crippen LogP contribution in [0.15, 0.2) is 41.6 Å². The van der Waals surface area contributed by atoms with Crippen LogP contribution in [0.25, 0.3) is 0 Å². The van der Waals surface area contributed by atoms with Crippen LogP contribution in [0.1, 0.15) is 25.0 Å². The lowest BCUT2D eigenvalue weighted by atomic mass is 10.2. The minimum absolute atomic E-state index is 0.693. The van der Waals surface area contributed by atoms with Crippen LogP contribution in [-0.2, 0) is 19.3 Å². The van der Waals surface area contributed by atoms with Crippen LogP contribution in [0.4, 0.5) is 0 Å². The number of rotatable bonds is 7. The van der Waals surface area contributed by atoms with Crippen LogP contribution < -0.4 is 5.32 Å². The van der Waals surface area contributed by atoms with Crippen LogP contribution in [0.3, 0.4) is 0 Å². The molecule has 2 rings (SSSR count). The Kier molecular flexibility index (Phi) is 5.68. The van der Waals surface area contributed by atoms with Gasteiger partial charge in [-0.2, -0.15) is 5.10 Å². The molecule has 3 nitrogen and oxygen atoms in total. The highest BCUT2D eigenvalue weighted by atomic mass is 32.2. The Balaban J connectivity index is 1.85. The molecule has 0 saturated carbocycles. The summed E-state index contributed by atoms with van der Waals surface area (Å²) in [7, 11) is 1.95. The molecule has 1 aromatic carbocycles. The van der Waals surface area contributed by atoms with Crippen LogP contribution >= 0.6 is 11.8 Å². The molecule has 108 valence electrons. The van der Waals surface area contributed by atoms with Gasteiger partial charge in [0, 0.05) is 36.0 Å². The van der Waals surface area contributed by atoms with Gasteiger partial charge in [-0.25, -0.2) is 0 Å². The molecular formula is C16H23N3S. The monoisotopic (exact) mass is 289 g/mol. The highest BCUT2D eigenvalue weighted by molar-refractivity contribution is 7.98. The minimum Gasteiger partial charge on any atom is -0.312 e. The number of hydrogen-bond acceptors (Lipinski definition) is 3. The Hall–Kier alpha value is -1.26. The van der Waals surface area contributed by atoms with E-state index in [0.717, 1.165) is 18.8 Å². The van der Waals surface area contributed by atoms with Gasteiger partial charge in [-0.1, -0.05) is 26.0 Å². The van der Waals surface area contributed by atoms with E-state index in [9.17, 15) is 0 Å². The number of hydrogen-bond donors (Lipinski definition) is 1. The molecule has 0 amide bonds. The van der Waals surface area contributed by atoms with Gasteiger partial charge in [0.1, 0.15) is 0 Å². The lowest BCUT2D eigenvalue weighted by Crippen LogP contribution is -2.18. The predicted octanol–water partition coefficient (Wildman–Crippen LogP) is 3.46. The average Bonchev–Trinajstić information content (AvgIpc) is 2.82. The molecule has 2 aromatic rings. The van der Waals surface area contributed by atoms with Gasteiger partial charge in [-0.15, -0.1) is 11.8 Å². The summed E-state index contributed by atoms with van der Waals surface area (Å²) in [6.45, 7) is 6.47. The van der Waals surface area contributed by atoms with Gasteiger partial charge in [-0.3, -0.25) is 4.68 Å². The Labute approximate surface area is 125 Å². The Morgan fingerprint density at radius 1 is 1.30 bits per heavy atom. The van der Waals surface area contributed by atoms with Crippen LogP contribution in [0, 0.1) is 5.92 Å². The first-order chi connectivity index (χ1) is 9.63. The molecule has 0 aliphatic carbocycles. The summed E-state index contributed by atoms with van der Waals surface area (Å²) in [5, 5.41) is 7.68. The Morgan fingerprint density at radius 3 is 2.85 bits per heavy atom. The summed E-state index contributed by atoms with van der Waals surface area (Å²) in [5.74, 6) is 1.66. The summed E-state index contributed by atoms with van der Waals surface area (Å²) in [6, 6.07) is 8.76. The lowest BCUT2D eigenvalue weighted by Gasteiger charge is -2.08. The van der Waals surface area contributed by atoms with Gasteiger partial charge >= 0.3 is 0 Å². The quantitative estimate of drug-likeness (QED) is 0.792. The van der Waals surface area contributed by atoms with E-state index in [1.165, 1.54) is 16.0 Å². The molecule has 0 aliphatic heterocycles. The molecule has 1 aromatic heterocycles. The maximum Gasteiger partial charge on any atom is 0.0530 e. The van der Waals surface area contributed by atoms with Gasteiger partial charge in [0.15, 0.2) is 0 Å². The zero-order chi connectivity index (χ0) is 14.4. The van der Waals surface area contributed by atoms with Crippen molar-refractivity contribution in [3.05, 3.63) is 47.8 Å². The third-order valence-electron chi connectivity index (χ3n) is 2.94. The molecule has 0 spiro atoms. The minimum atomic E-state index is 0.693. The number of nitrogens with one attached hydrogen (secondary N) is 1. The van der Waals surface area contributed by atoms with E-state index in [-0.39, 0.29) is 0 Å². The van der Waals surface area contributed by atoms with Crippen molar-refractivity contribution in [2.45, 2.75) is 31.0 Å². The maximum atomic E-state index is 4.20. The van der Waals surface area contributed by atoms with Gasteiger partial charge < -0.3 is 5.32 Å². The summed E-state index contributed by atoms with van der Waals surface area (Å²) in [4.78, 5) is 1.32. The Morgan fingerprint density at radius 2 is 2.15 bits per heavy atom. The molecule has 20 heavy (non-hydrogen) atoms. The molecule has 0 radical (unpaired) electrons. The first-order valence-corrected chi connectivity index (χ1v) is 8.02. The highest BCUT2D eigenvalue weighted by Crippen LogP contribution is 2.23. The molecule has 0 unspecified atom stereocenters. The van der Waals surface area contributed by atoms with Gasteiger partial charge in [-0.05, 0) is 30.2 Å². The van der Waals surface area contributed by atoms with Crippen molar-refractivity contribution in [1.29, 1.82) is 0 Å². The second-order valence-electron chi connectivity index (χ2n) is 5.48. The highest BCUT2D eigenvalue weighted by Gasteiger charge is 2.01. The predicted molar refractivity (Wildman–Crippen MR) is 85.8 cm³/mol. The first kappa shape index (κ1) is 15.1. The largest absolute Gasteiger partial charge is 0.312 e. The van der Waals surface area contributed by atoms with Crippen molar-refractivity contribution >= 4 is 11.8 Å². The van der Waals surface area contributed by atoms with E-state index in [0.29, 0.717) is 5.92 Å². The molecule has 0 fully saturated rings. The van der Waals surface area contributed by atoms with Gasteiger partial charge in [0.05, 0.1) is 6.20 Å². The van der Waals surface area contributed by atoms with Crippen molar-refractivity contribution in [3.63, 3.8) is 0 Å². The topological polar surface area (TPSA) is 29.9 Å². The van der Waals surface area contributed by atoms with Crippen molar-refractivity contribution in [3.8, 4) is 0 Å². The smallest absolute Gasteiger partial charge is 0.0530 e. The lowest BCUT2D eigenvalue weighted by molar-refractivity contribution is 0.552. The number of benzene rings is 1. The fourth-order valence-corrected chi connectivity index (χ4v) is 2.86. The molecule has 0 saturated heterocycles.